The van der Waals surface area contributed by atoms with Gasteiger partial charge in [-0.05, 0) is 53.6 Å². The van der Waals surface area contributed by atoms with Crippen molar-refractivity contribution in [3.8, 4) is 16.9 Å². The smallest absolute Gasteiger partial charge is 0.416 e. The van der Waals surface area contributed by atoms with Crippen molar-refractivity contribution in [3.63, 3.8) is 0 Å². The van der Waals surface area contributed by atoms with Gasteiger partial charge in [-0.3, -0.25) is 0 Å². The minimum atomic E-state index is -4.95. The fourth-order valence-corrected chi connectivity index (χ4v) is 5.66. The van der Waals surface area contributed by atoms with Gasteiger partial charge in [-0.2, -0.15) is 38.1 Å². The summed E-state index contributed by atoms with van der Waals surface area (Å²) >= 11 is 1.71. The number of thioether (sulfide) groups is 1. The Balaban J connectivity index is 2.08. The van der Waals surface area contributed by atoms with Gasteiger partial charge in [0.2, 0.25) is 0 Å². The van der Waals surface area contributed by atoms with Crippen molar-refractivity contribution in [2.75, 3.05) is 0 Å². The Morgan fingerprint density at radius 2 is 1.26 bits per heavy atom. The summed E-state index contributed by atoms with van der Waals surface area (Å²) in [7, 11) is 0. The molecule has 0 aliphatic heterocycles. The van der Waals surface area contributed by atoms with Gasteiger partial charge in [-0.15, -0.1) is 0 Å². The minimum absolute atomic E-state index is 0.0118. The highest BCUT2D eigenvalue weighted by Crippen LogP contribution is 2.44. The van der Waals surface area contributed by atoms with Gasteiger partial charge in [-0.1, -0.05) is 58.9 Å². The number of halogens is 6. The average molecular weight is 519 g/mol. The summed E-state index contributed by atoms with van der Waals surface area (Å²) < 4.78 is 80.7. The van der Waals surface area contributed by atoms with E-state index in [1.165, 1.54) is 25.3 Å². The molecule has 8 heteroatoms. The van der Waals surface area contributed by atoms with Crippen LogP contribution in [0.2, 0.25) is 0 Å². The van der Waals surface area contributed by atoms with Crippen LogP contribution in [-0.2, 0) is 23.5 Å². The quantitative estimate of drug-likeness (QED) is 0.407. The van der Waals surface area contributed by atoms with Crippen molar-refractivity contribution in [3.05, 3.63) is 52.6 Å². The van der Waals surface area contributed by atoms with Gasteiger partial charge in [0.25, 0.3) is 0 Å². The highest BCUT2D eigenvalue weighted by Gasteiger charge is 2.37. The summed E-state index contributed by atoms with van der Waals surface area (Å²) in [6.07, 6.45) is -1.85. The lowest BCUT2D eigenvalue weighted by molar-refractivity contribution is -0.143. The van der Waals surface area contributed by atoms with Gasteiger partial charge in [0.1, 0.15) is 5.75 Å². The summed E-state index contributed by atoms with van der Waals surface area (Å²) in [5.41, 5.74) is -2.25. The van der Waals surface area contributed by atoms with Crippen molar-refractivity contribution < 1.29 is 31.4 Å². The number of rotatable bonds is 4. The summed E-state index contributed by atoms with van der Waals surface area (Å²) in [5, 5.41) is 11.5. The first kappa shape index (κ1) is 27.8. The maximum absolute atomic E-state index is 13.5. The molecule has 3 rings (SSSR count). The molecule has 1 nitrogen and oxygen atoms in total. The molecule has 1 N–H and O–H groups in total. The fraction of sp³-hybridized carbons (Fsp3) is 0.556. The first-order chi connectivity index (χ1) is 16.2. The Morgan fingerprint density at radius 1 is 0.743 bits per heavy atom. The van der Waals surface area contributed by atoms with E-state index in [1.54, 1.807) is 11.8 Å². The topological polar surface area (TPSA) is 20.2 Å². The molecule has 35 heavy (non-hydrogen) atoms. The molecule has 1 aliphatic carbocycles. The summed E-state index contributed by atoms with van der Waals surface area (Å²) in [6.45, 7) is 5.76. The highest BCUT2D eigenvalue weighted by atomic mass is 32.2. The van der Waals surface area contributed by atoms with Crippen LogP contribution < -0.4 is 0 Å². The van der Waals surface area contributed by atoms with Gasteiger partial charge >= 0.3 is 12.4 Å². The highest BCUT2D eigenvalue weighted by molar-refractivity contribution is 7.99. The average Bonchev–Trinajstić information content (AvgIpc) is 2.71. The summed E-state index contributed by atoms with van der Waals surface area (Å²) in [4.78, 5) is 0. The van der Waals surface area contributed by atoms with E-state index in [0.29, 0.717) is 28.7 Å². The zero-order valence-corrected chi connectivity index (χ0v) is 21.1. The molecule has 0 spiro atoms. The second kappa shape index (κ2) is 10.7. The van der Waals surface area contributed by atoms with Crippen LogP contribution >= 0.6 is 11.8 Å². The Hall–Kier alpha value is -1.83. The van der Waals surface area contributed by atoms with Gasteiger partial charge in [0.15, 0.2) is 0 Å². The molecule has 1 saturated carbocycles. The molecule has 0 bridgehead atoms. The molecule has 1 fully saturated rings. The zero-order valence-electron chi connectivity index (χ0n) is 20.2. The minimum Gasteiger partial charge on any atom is -0.507 e. The van der Waals surface area contributed by atoms with Crippen LogP contribution in [0.15, 0.2) is 30.3 Å². The number of phenolic OH excluding ortho intramolecular Hbond substituents is 1. The lowest BCUT2D eigenvalue weighted by atomic mass is 9.83. The molecule has 2 aromatic carbocycles. The Morgan fingerprint density at radius 3 is 1.74 bits per heavy atom. The predicted octanol–water partition coefficient (Wildman–Crippen LogP) is 9.74. The number of aromatic hydroxyl groups is 1. The van der Waals surface area contributed by atoms with Crippen molar-refractivity contribution in [1.29, 1.82) is 0 Å². The Labute approximate surface area is 207 Å². The van der Waals surface area contributed by atoms with Crippen molar-refractivity contribution in [2.45, 2.75) is 94.5 Å². The van der Waals surface area contributed by atoms with Gasteiger partial charge in [0, 0.05) is 22.1 Å². The monoisotopic (exact) mass is 518 g/mol. The standard InChI is InChI=1S/C27H32F6OS/c1-25(2,3)19-13-18(16-35-22-9-7-5-4-6-8-10-22)24(34)23(15-19)17-11-20(26(28,29)30)14-21(12-17)27(31,32)33/h11-15,22,34H,4-10,16H2,1-3H3. The van der Waals surface area contributed by atoms with Gasteiger partial charge < -0.3 is 5.11 Å². The molecule has 194 valence electrons. The lowest BCUT2D eigenvalue weighted by Crippen LogP contribution is -2.13. The predicted molar refractivity (Wildman–Crippen MR) is 130 cm³/mol. The fourth-order valence-electron chi connectivity index (χ4n) is 4.36. The van der Waals surface area contributed by atoms with Gasteiger partial charge in [-0.25, -0.2) is 0 Å². The van der Waals surface area contributed by atoms with Crippen molar-refractivity contribution in [1.82, 2.24) is 0 Å². The van der Waals surface area contributed by atoms with E-state index >= 15 is 0 Å². The molecular formula is C27H32F6OS. The number of hydrogen-bond acceptors (Lipinski definition) is 2. The van der Waals surface area contributed by atoms with E-state index in [1.807, 2.05) is 26.8 Å². The van der Waals surface area contributed by atoms with Crippen LogP contribution in [0, 0.1) is 0 Å². The normalized spacial score (nSPS) is 16.7. The first-order valence-corrected chi connectivity index (χ1v) is 13.0. The molecule has 0 radical (unpaired) electrons. The maximum Gasteiger partial charge on any atom is 0.416 e. The van der Waals surface area contributed by atoms with E-state index in [4.69, 9.17) is 0 Å². The van der Waals surface area contributed by atoms with Crippen LogP contribution in [0.3, 0.4) is 0 Å². The molecule has 0 atom stereocenters. The summed E-state index contributed by atoms with van der Waals surface area (Å²) in [6, 6.07) is 4.81. The Bertz CT molecular complexity index is 980. The largest absolute Gasteiger partial charge is 0.507 e. The van der Waals surface area contributed by atoms with Crippen LogP contribution in [0.25, 0.3) is 11.1 Å². The van der Waals surface area contributed by atoms with Crippen molar-refractivity contribution in [2.24, 2.45) is 0 Å². The second-order valence-electron chi connectivity index (χ2n) is 10.4. The van der Waals surface area contributed by atoms with Crippen LogP contribution in [0.1, 0.15) is 88.0 Å². The molecule has 1 aliphatic rings. The number of benzene rings is 2. The molecule has 0 heterocycles. The number of hydrogen-bond donors (Lipinski definition) is 1. The zero-order chi connectivity index (χ0) is 26.0. The molecule has 0 aromatic heterocycles. The number of alkyl halides is 6. The molecule has 0 amide bonds. The molecule has 0 unspecified atom stereocenters. The van der Waals surface area contributed by atoms with E-state index in [0.717, 1.165) is 31.2 Å². The van der Waals surface area contributed by atoms with Gasteiger partial charge in [0.05, 0.1) is 11.1 Å². The van der Waals surface area contributed by atoms with Crippen LogP contribution in [0.5, 0.6) is 5.75 Å². The van der Waals surface area contributed by atoms with Crippen LogP contribution in [-0.4, -0.2) is 10.4 Å². The van der Waals surface area contributed by atoms with E-state index in [9.17, 15) is 31.4 Å². The third-order valence-corrected chi connectivity index (χ3v) is 7.90. The third-order valence-electron chi connectivity index (χ3n) is 6.48. The third kappa shape index (κ3) is 7.34. The Kier molecular flexibility index (Phi) is 8.45. The SMILES string of the molecule is CC(C)(C)c1cc(CSC2CCCCCCC2)c(O)c(-c2cc(C(F)(F)F)cc(C(F)(F)F)c2)c1. The van der Waals surface area contributed by atoms with Crippen LogP contribution in [0.4, 0.5) is 26.3 Å². The van der Waals surface area contributed by atoms with E-state index in [-0.39, 0.29) is 22.9 Å². The number of phenols is 1. The van der Waals surface area contributed by atoms with E-state index < -0.39 is 28.9 Å². The molecule has 0 saturated heterocycles. The maximum atomic E-state index is 13.5. The molecule has 2 aromatic rings. The lowest BCUT2D eigenvalue weighted by Gasteiger charge is -2.24. The van der Waals surface area contributed by atoms with E-state index in [2.05, 4.69) is 0 Å². The molecular weight excluding hydrogens is 486 g/mol. The second-order valence-corrected chi connectivity index (χ2v) is 11.6. The van der Waals surface area contributed by atoms with Crippen molar-refractivity contribution >= 4 is 11.8 Å². The first-order valence-electron chi connectivity index (χ1n) is 11.9. The summed E-state index contributed by atoms with van der Waals surface area (Å²) in [5.74, 6) is 0.183.